The zero-order valence-electron chi connectivity index (χ0n) is 26.8. The number of amides is 3. The van der Waals surface area contributed by atoms with E-state index in [1.165, 1.54) is 10.2 Å². The van der Waals surface area contributed by atoms with Gasteiger partial charge in [0.25, 0.3) is 11.5 Å². The predicted molar refractivity (Wildman–Crippen MR) is 179 cm³/mol. The summed E-state index contributed by atoms with van der Waals surface area (Å²) in [6, 6.07) is 8.13. The van der Waals surface area contributed by atoms with Crippen molar-refractivity contribution in [3.05, 3.63) is 56.4 Å². The summed E-state index contributed by atoms with van der Waals surface area (Å²) in [4.78, 5) is 58.4. The van der Waals surface area contributed by atoms with Gasteiger partial charge in [0.1, 0.15) is 4.47 Å². The molecule has 0 radical (unpaired) electrons. The molecule has 3 atom stereocenters. The number of piperidine rings is 3. The Morgan fingerprint density at radius 2 is 1.70 bits per heavy atom. The fourth-order valence-corrected chi connectivity index (χ4v) is 8.03. The summed E-state index contributed by atoms with van der Waals surface area (Å²) in [5.74, 6) is 0.682. The lowest BCUT2D eigenvalue weighted by atomic mass is 9.87. The normalized spacial score (nSPS) is 25.8. The molecular weight excluding hydrogens is 652 g/mol. The van der Waals surface area contributed by atoms with Gasteiger partial charge in [0, 0.05) is 70.9 Å². The number of aryl methyl sites for hydroxylation is 1. The molecule has 0 bridgehead atoms. The second-order valence-electron chi connectivity index (χ2n) is 13.5. The number of likely N-dealkylation sites (N-methyl/N-ethyl adjacent to an activating group) is 1. The first-order valence-electron chi connectivity index (χ1n) is 16.5. The summed E-state index contributed by atoms with van der Waals surface area (Å²) in [7, 11) is 3.75. The van der Waals surface area contributed by atoms with Crippen LogP contribution in [0.15, 0.2) is 39.7 Å². The third-order valence-electron chi connectivity index (χ3n) is 10.2. The van der Waals surface area contributed by atoms with Gasteiger partial charge in [-0.15, -0.1) is 0 Å². The lowest BCUT2D eigenvalue weighted by Gasteiger charge is -2.41. The third-order valence-corrected chi connectivity index (χ3v) is 10.9. The molecule has 1 aromatic carbocycles. The van der Waals surface area contributed by atoms with E-state index in [4.69, 9.17) is 0 Å². The zero-order valence-corrected chi connectivity index (χ0v) is 28.4. The third kappa shape index (κ3) is 7.53. The summed E-state index contributed by atoms with van der Waals surface area (Å²) in [6.07, 6.45) is 5.76. The number of aromatic nitrogens is 2. The number of carbonyl (C=O) groups excluding carboxylic acids is 3. The average molecular weight is 698 g/mol. The molecule has 0 saturated carbocycles. The lowest BCUT2D eigenvalue weighted by molar-refractivity contribution is -0.138. The van der Waals surface area contributed by atoms with Crippen LogP contribution in [0.1, 0.15) is 53.9 Å². The fraction of sp³-hybridized carbons (Fsp3) is 0.606. The van der Waals surface area contributed by atoms with Crippen molar-refractivity contribution >= 4 is 39.3 Å². The van der Waals surface area contributed by atoms with Crippen LogP contribution >= 0.6 is 15.9 Å². The number of hydrogen-bond donors (Lipinski definition) is 2. The first-order chi connectivity index (χ1) is 22.1. The van der Waals surface area contributed by atoms with Crippen LogP contribution < -0.4 is 16.2 Å². The summed E-state index contributed by atoms with van der Waals surface area (Å²) in [6.45, 7) is 7.80. The maximum Gasteiger partial charge on any atom is 0.282 e. The van der Waals surface area contributed by atoms with Crippen molar-refractivity contribution in [1.29, 1.82) is 0 Å². The van der Waals surface area contributed by atoms with Gasteiger partial charge in [-0.2, -0.15) is 5.10 Å². The van der Waals surface area contributed by atoms with Crippen molar-refractivity contribution in [2.24, 2.45) is 13.0 Å². The van der Waals surface area contributed by atoms with Gasteiger partial charge < -0.3 is 15.1 Å². The molecule has 248 valence electrons. The molecule has 46 heavy (non-hydrogen) atoms. The standard InChI is InChI=1S/C33H45BrN8O4/c1-38-20-25(17-26(21-38)36-27-18-35-39(2)33(46)30(27)34)23-3-5-24(6-4-23)32(45)42-15-13-40(14-16-42)19-22-9-11-41(12-10-22)28-7-8-29(43)37-31(28)44/h3-6,18,22,25-26,28,36H,7-17,19-21H2,1-2H3,(H,37,43,44)/t25-,26+,28?/m0/s1. The summed E-state index contributed by atoms with van der Waals surface area (Å²) < 4.78 is 1.80. The first kappa shape index (κ1) is 32.8. The number of anilines is 1. The molecule has 4 aliphatic rings. The number of halogens is 1. The SMILES string of the molecule is CN1C[C@H](Nc2cnn(C)c(=O)c2Br)C[C@H](c2ccc(C(=O)N3CCN(CC4CCN(C5CCC(=O)NC5=O)CC4)CC3)cc2)C1. The van der Waals surface area contributed by atoms with Gasteiger partial charge in [-0.25, -0.2) is 4.68 Å². The number of carbonyl (C=O) groups is 3. The van der Waals surface area contributed by atoms with E-state index in [9.17, 15) is 19.2 Å². The molecular formula is C33H45BrN8O4. The molecule has 5 heterocycles. The van der Waals surface area contributed by atoms with Crippen LogP contribution in [0, 0.1) is 5.92 Å². The maximum absolute atomic E-state index is 13.4. The molecule has 4 fully saturated rings. The van der Waals surface area contributed by atoms with Crippen LogP contribution in [-0.2, 0) is 16.6 Å². The predicted octanol–water partition coefficient (Wildman–Crippen LogP) is 1.72. The minimum Gasteiger partial charge on any atom is -0.379 e. The molecule has 4 saturated heterocycles. The van der Waals surface area contributed by atoms with E-state index in [0.29, 0.717) is 34.8 Å². The Bertz CT molecular complexity index is 1480. The molecule has 2 aromatic rings. The van der Waals surface area contributed by atoms with Crippen molar-refractivity contribution < 1.29 is 14.4 Å². The molecule has 6 rings (SSSR count). The van der Waals surface area contributed by atoms with Gasteiger partial charge in [-0.05, 0) is 91.3 Å². The molecule has 0 aliphatic carbocycles. The van der Waals surface area contributed by atoms with Gasteiger partial charge in [0.05, 0.1) is 17.9 Å². The number of piperazine rings is 1. The molecule has 1 unspecified atom stereocenters. The Labute approximate surface area is 278 Å². The number of benzene rings is 1. The smallest absolute Gasteiger partial charge is 0.282 e. The van der Waals surface area contributed by atoms with Gasteiger partial charge >= 0.3 is 0 Å². The second kappa shape index (κ2) is 14.3. The maximum atomic E-state index is 13.4. The van der Waals surface area contributed by atoms with E-state index < -0.39 is 0 Å². The van der Waals surface area contributed by atoms with Gasteiger partial charge in [0.2, 0.25) is 11.8 Å². The van der Waals surface area contributed by atoms with Crippen LogP contribution in [0.3, 0.4) is 0 Å². The largest absolute Gasteiger partial charge is 0.379 e. The van der Waals surface area contributed by atoms with Crippen molar-refractivity contribution in [1.82, 2.24) is 34.7 Å². The van der Waals surface area contributed by atoms with E-state index in [0.717, 1.165) is 83.7 Å². The van der Waals surface area contributed by atoms with Crippen molar-refractivity contribution in [2.75, 3.05) is 71.3 Å². The van der Waals surface area contributed by atoms with Crippen molar-refractivity contribution in [3.8, 4) is 0 Å². The minimum absolute atomic E-state index is 0.0899. The van der Waals surface area contributed by atoms with E-state index in [2.05, 4.69) is 65.5 Å². The van der Waals surface area contributed by atoms with E-state index in [-0.39, 0.29) is 35.4 Å². The van der Waals surface area contributed by atoms with Crippen molar-refractivity contribution in [2.45, 2.75) is 50.1 Å². The molecule has 4 aliphatic heterocycles. The topological polar surface area (TPSA) is 123 Å². The average Bonchev–Trinajstić information content (AvgIpc) is 3.05. The second-order valence-corrected chi connectivity index (χ2v) is 14.3. The van der Waals surface area contributed by atoms with E-state index in [1.54, 1.807) is 13.2 Å². The molecule has 3 amide bonds. The Balaban J connectivity index is 0.962. The lowest BCUT2D eigenvalue weighted by Crippen LogP contribution is -2.55. The van der Waals surface area contributed by atoms with E-state index >= 15 is 0 Å². The summed E-state index contributed by atoms with van der Waals surface area (Å²) in [5.41, 5.74) is 2.48. The molecule has 0 spiro atoms. The van der Waals surface area contributed by atoms with Gasteiger partial charge in [0.15, 0.2) is 0 Å². The highest BCUT2D eigenvalue weighted by Gasteiger charge is 2.34. The highest BCUT2D eigenvalue weighted by atomic mass is 79.9. The van der Waals surface area contributed by atoms with Crippen LogP contribution in [0.4, 0.5) is 5.69 Å². The van der Waals surface area contributed by atoms with E-state index in [1.807, 2.05) is 17.0 Å². The van der Waals surface area contributed by atoms with Gasteiger partial charge in [-0.1, -0.05) is 12.1 Å². The summed E-state index contributed by atoms with van der Waals surface area (Å²) in [5, 5.41) is 10.2. The monoisotopic (exact) mass is 696 g/mol. The Morgan fingerprint density at radius 3 is 2.39 bits per heavy atom. The molecule has 2 N–H and O–H groups in total. The number of imide groups is 1. The first-order valence-corrected chi connectivity index (χ1v) is 17.3. The highest BCUT2D eigenvalue weighted by molar-refractivity contribution is 9.10. The molecule has 13 heteroatoms. The minimum atomic E-state index is -0.170. The van der Waals surface area contributed by atoms with Gasteiger partial charge in [-0.3, -0.25) is 34.3 Å². The highest BCUT2D eigenvalue weighted by Crippen LogP contribution is 2.30. The molecule has 12 nitrogen and oxygen atoms in total. The Morgan fingerprint density at radius 1 is 0.978 bits per heavy atom. The fourth-order valence-electron chi connectivity index (χ4n) is 7.55. The van der Waals surface area contributed by atoms with Crippen LogP contribution in [0.25, 0.3) is 0 Å². The van der Waals surface area contributed by atoms with Crippen LogP contribution in [0.2, 0.25) is 0 Å². The number of nitrogens with zero attached hydrogens (tertiary/aromatic N) is 6. The Hall–Kier alpha value is -3.13. The number of hydrogen-bond acceptors (Lipinski definition) is 9. The number of rotatable bonds is 7. The van der Waals surface area contributed by atoms with Crippen molar-refractivity contribution in [3.63, 3.8) is 0 Å². The van der Waals surface area contributed by atoms with Crippen LogP contribution in [0.5, 0.6) is 0 Å². The molecule has 1 aromatic heterocycles. The Kier molecular flexibility index (Phi) is 10.2. The summed E-state index contributed by atoms with van der Waals surface area (Å²) >= 11 is 3.42. The zero-order chi connectivity index (χ0) is 32.4. The van der Waals surface area contributed by atoms with Crippen LogP contribution in [-0.4, -0.2) is 125 Å². The number of nitrogens with one attached hydrogen (secondary N) is 2. The number of likely N-dealkylation sites (tertiary alicyclic amines) is 2. The quantitative estimate of drug-likeness (QED) is 0.417.